The molecule has 84 valence electrons. The summed E-state index contributed by atoms with van der Waals surface area (Å²) in [7, 11) is 0. The van der Waals surface area contributed by atoms with Crippen molar-refractivity contribution < 1.29 is 4.79 Å². The first-order valence-electron chi connectivity index (χ1n) is 5.69. The molecule has 0 aromatic rings. The van der Waals surface area contributed by atoms with Gasteiger partial charge in [-0.3, -0.25) is 4.79 Å². The van der Waals surface area contributed by atoms with Crippen molar-refractivity contribution in [3.8, 4) is 0 Å². The van der Waals surface area contributed by atoms with Crippen molar-refractivity contribution in [2.75, 3.05) is 6.54 Å². The summed E-state index contributed by atoms with van der Waals surface area (Å²) in [5, 5.41) is 0. The second-order valence-corrected chi connectivity index (χ2v) is 5.23. The lowest BCUT2D eigenvalue weighted by atomic mass is 9.67. The molecular weight excluding hydrogens is 208 g/mol. The number of hydrogen-bond donors (Lipinski definition) is 1. The Morgan fingerprint density at radius 3 is 2.47 bits per heavy atom. The number of carbonyl (C=O) groups is 1. The smallest absolute Gasteiger partial charge is 0.235 e. The molecule has 1 atom stereocenters. The highest BCUT2D eigenvalue weighted by molar-refractivity contribution is 7.80. The average Bonchev–Trinajstić information content (AvgIpc) is 2.48. The van der Waals surface area contributed by atoms with Gasteiger partial charge in [-0.1, -0.05) is 18.6 Å². The molecule has 1 aliphatic heterocycles. The van der Waals surface area contributed by atoms with Crippen LogP contribution in [0.3, 0.4) is 0 Å². The molecule has 1 saturated heterocycles. The number of thiocarbonyl (C=S) groups is 1. The minimum Gasteiger partial charge on any atom is -0.392 e. The topological polar surface area (TPSA) is 46.3 Å². The second kappa shape index (κ2) is 3.74. The van der Waals surface area contributed by atoms with E-state index in [1.807, 2.05) is 4.90 Å². The van der Waals surface area contributed by atoms with Crippen LogP contribution in [0.2, 0.25) is 0 Å². The molecule has 2 aliphatic rings. The van der Waals surface area contributed by atoms with Gasteiger partial charge >= 0.3 is 0 Å². The largest absolute Gasteiger partial charge is 0.392 e. The zero-order chi connectivity index (χ0) is 11.1. The molecule has 1 saturated carbocycles. The Morgan fingerprint density at radius 1 is 1.47 bits per heavy atom. The Morgan fingerprint density at radius 2 is 2.13 bits per heavy atom. The minimum absolute atomic E-state index is 0.186. The highest BCUT2D eigenvalue weighted by atomic mass is 32.1. The van der Waals surface area contributed by atoms with Gasteiger partial charge in [0, 0.05) is 12.6 Å². The van der Waals surface area contributed by atoms with Crippen LogP contribution < -0.4 is 5.73 Å². The summed E-state index contributed by atoms with van der Waals surface area (Å²) >= 11 is 5.06. The van der Waals surface area contributed by atoms with Crippen LogP contribution >= 0.6 is 12.2 Å². The predicted molar refractivity (Wildman–Crippen MR) is 63.5 cm³/mol. The molecule has 3 nitrogen and oxygen atoms in total. The highest BCUT2D eigenvalue weighted by Gasteiger charge is 2.50. The van der Waals surface area contributed by atoms with Crippen LogP contribution in [-0.4, -0.2) is 28.4 Å². The first-order chi connectivity index (χ1) is 7.08. The maximum Gasteiger partial charge on any atom is 0.235 e. The van der Waals surface area contributed by atoms with Gasteiger partial charge in [-0.05, 0) is 32.6 Å². The van der Waals surface area contributed by atoms with Crippen molar-refractivity contribution in [1.82, 2.24) is 4.90 Å². The number of nitrogens with two attached hydrogens (primary N) is 1. The molecule has 2 fully saturated rings. The van der Waals surface area contributed by atoms with Gasteiger partial charge in [0.2, 0.25) is 5.91 Å². The Bertz CT molecular complexity index is 299. The van der Waals surface area contributed by atoms with E-state index >= 15 is 0 Å². The third-order valence-electron chi connectivity index (χ3n) is 3.90. The SMILES string of the molecule is CC1CCCN1C(=O)C1(C(N)=S)CCC1. The molecular formula is C11H18N2OS. The Kier molecular flexibility index (Phi) is 2.71. The quantitative estimate of drug-likeness (QED) is 0.725. The standard InChI is InChI=1S/C11H18N2OS/c1-8-4-2-7-13(8)10(14)11(9(12)15)5-3-6-11/h8H,2-7H2,1H3,(H2,12,15). The van der Waals surface area contributed by atoms with Crippen LogP contribution in [0.5, 0.6) is 0 Å². The molecule has 0 radical (unpaired) electrons. The van der Waals surface area contributed by atoms with Gasteiger partial charge in [0.05, 0.1) is 10.4 Å². The van der Waals surface area contributed by atoms with Crippen LogP contribution in [0.1, 0.15) is 39.0 Å². The van der Waals surface area contributed by atoms with Crippen LogP contribution in [0.4, 0.5) is 0 Å². The zero-order valence-corrected chi connectivity index (χ0v) is 9.98. The zero-order valence-electron chi connectivity index (χ0n) is 9.16. The maximum absolute atomic E-state index is 12.4. The first kappa shape index (κ1) is 10.9. The van der Waals surface area contributed by atoms with Crippen molar-refractivity contribution in [2.45, 2.75) is 45.1 Å². The summed E-state index contributed by atoms with van der Waals surface area (Å²) in [6.07, 6.45) is 5.00. The van der Waals surface area contributed by atoms with Crippen molar-refractivity contribution in [3.63, 3.8) is 0 Å². The molecule has 2 N–H and O–H groups in total. The van der Waals surface area contributed by atoms with Crippen molar-refractivity contribution in [2.24, 2.45) is 11.1 Å². The highest BCUT2D eigenvalue weighted by Crippen LogP contribution is 2.44. The number of rotatable bonds is 2. The third kappa shape index (κ3) is 1.55. The lowest BCUT2D eigenvalue weighted by Crippen LogP contribution is -2.55. The third-order valence-corrected chi connectivity index (χ3v) is 4.29. The molecule has 0 aromatic carbocycles. The van der Waals surface area contributed by atoms with Crippen molar-refractivity contribution in [1.29, 1.82) is 0 Å². The molecule has 1 unspecified atom stereocenters. The van der Waals surface area contributed by atoms with E-state index in [4.69, 9.17) is 18.0 Å². The monoisotopic (exact) mass is 226 g/mol. The van der Waals surface area contributed by atoms with Gasteiger partial charge in [0.25, 0.3) is 0 Å². The summed E-state index contributed by atoms with van der Waals surface area (Å²) in [4.78, 5) is 14.7. The number of amides is 1. The first-order valence-corrected chi connectivity index (χ1v) is 6.10. The predicted octanol–water partition coefficient (Wildman–Crippen LogP) is 1.45. The molecule has 0 bridgehead atoms. The molecule has 0 spiro atoms. The van der Waals surface area contributed by atoms with Gasteiger partial charge < -0.3 is 10.6 Å². The summed E-state index contributed by atoms with van der Waals surface area (Å²) in [5.74, 6) is 0.186. The van der Waals surface area contributed by atoms with E-state index in [0.29, 0.717) is 11.0 Å². The number of nitrogens with zero attached hydrogens (tertiary/aromatic N) is 1. The molecule has 1 heterocycles. The van der Waals surface area contributed by atoms with Gasteiger partial charge in [0.15, 0.2) is 0 Å². The lowest BCUT2D eigenvalue weighted by molar-refractivity contribution is -0.142. The molecule has 1 aliphatic carbocycles. The molecule has 1 amide bonds. The second-order valence-electron chi connectivity index (χ2n) is 4.79. The van der Waals surface area contributed by atoms with E-state index in [-0.39, 0.29) is 5.91 Å². The summed E-state index contributed by atoms with van der Waals surface area (Å²) < 4.78 is 0. The van der Waals surface area contributed by atoms with Gasteiger partial charge in [-0.25, -0.2) is 0 Å². The van der Waals surface area contributed by atoms with Crippen LogP contribution in [0.25, 0.3) is 0 Å². The van der Waals surface area contributed by atoms with Crippen molar-refractivity contribution in [3.05, 3.63) is 0 Å². The summed E-state index contributed by atoms with van der Waals surface area (Å²) in [6, 6.07) is 0.365. The molecule has 0 aromatic heterocycles. The van der Waals surface area contributed by atoms with E-state index < -0.39 is 5.41 Å². The normalized spacial score (nSPS) is 28.6. The minimum atomic E-state index is -0.478. The van der Waals surface area contributed by atoms with E-state index in [1.54, 1.807) is 0 Å². The Hall–Kier alpha value is -0.640. The average molecular weight is 226 g/mol. The summed E-state index contributed by atoms with van der Waals surface area (Å²) in [6.45, 7) is 2.99. The fourth-order valence-electron chi connectivity index (χ4n) is 2.61. The van der Waals surface area contributed by atoms with Crippen LogP contribution in [0, 0.1) is 5.41 Å². The Balaban J connectivity index is 2.15. The fraction of sp³-hybridized carbons (Fsp3) is 0.818. The molecule has 2 rings (SSSR count). The van der Waals surface area contributed by atoms with E-state index in [1.165, 1.54) is 0 Å². The lowest BCUT2D eigenvalue weighted by Gasteiger charge is -2.42. The fourth-order valence-corrected chi connectivity index (χ4v) is 2.90. The maximum atomic E-state index is 12.4. The van der Waals surface area contributed by atoms with E-state index in [0.717, 1.165) is 38.6 Å². The Labute approximate surface area is 96.0 Å². The van der Waals surface area contributed by atoms with Crippen molar-refractivity contribution >= 4 is 23.1 Å². The molecule has 15 heavy (non-hydrogen) atoms. The van der Waals surface area contributed by atoms with E-state index in [2.05, 4.69) is 6.92 Å². The summed E-state index contributed by atoms with van der Waals surface area (Å²) in [5.41, 5.74) is 5.25. The van der Waals surface area contributed by atoms with Crippen LogP contribution in [0.15, 0.2) is 0 Å². The van der Waals surface area contributed by atoms with E-state index in [9.17, 15) is 4.79 Å². The number of hydrogen-bond acceptors (Lipinski definition) is 2. The van der Waals surface area contributed by atoms with Gasteiger partial charge in [-0.15, -0.1) is 0 Å². The number of likely N-dealkylation sites (tertiary alicyclic amines) is 1. The number of carbonyl (C=O) groups excluding carboxylic acids is 1. The van der Waals surface area contributed by atoms with Gasteiger partial charge in [-0.2, -0.15) is 0 Å². The van der Waals surface area contributed by atoms with Crippen LogP contribution in [-0.2, 0) is 4.79 Å². The molecule has 4 heteroatoms. The van der Waals surface area contributed by atoms with Gasteiger partial charge in [0.1, 0.15) is 0 Å².